The predicted molar refractivity (Wildman–Crippen MR) is 80.1 cm³/mol. The second-order valence-electron chi connectivity index (χ2n) is 6.13. The van der Waals surface area contributed by atoms with Crippen LogP contribution < -0.4 is 5.32 Å². The van der Waals surface area contributed by atoms with Crippen molar-refractivity contribution in [2.45, 2.75) is 45.1 Å². The highest BCUT2D eigenvalue weighted by Crippen LogP contribution is 2.29. The van der Waals surface area contributed by atoms with Gasteiger partial charge in [-0.15, -0.1) is 0 Å². The molecule has 3 atom stereocenters. The Hall–Kier alpha value is -0.930. The lowest BCUT2D eigenvalue weighted by atomic mass is 9.79. The highest BCUT2D eigenvalue weighted by Gasteiger charge is 2.24. The lowest BCUT2D eigenvalue weighted by molar-refractivity contribution is 0.131. The van der Waals surface area contributed by atoms with Crippen LogP contribution in [0.2, 0.25) is 0 Å². The minimum atomic E-state index is -0.178. The number of hydrogen-bond donors (Lipinski definition) is 2. The van der Waals surface area contributed by atoms with Crippen LogP contribution in [0.15, 0.2) is 24.3 Å². The maximum atomic E-state index is 12.9. The Morgan fingerprint density at radius 3 is 2.50 bits per heavy atom. The van der Waals surface area contributed by atoms with Gasteiger partial charge in [0.2, 0.25) is 0 Å². The van der Waals surface area contributed by atoms with Crippen LogP contribution in [-0.4, -0.2) is 24.3 Å². The molecular weight excluding hydrogens is 253 g/mol. The highest BCUT2D eigenvalue weighted by molar-refractivity contribution is 5.16. The number of aliphatic hydroxyl groups excluding tert-OH is 1. The Labute approximate surface area is 121 Å². The second-order valence-corrected chi connectivity index (χ2v) is 6.13. The van der Waals surface area contributed by atoms with Gasteiger partial charge in [-0.25, -0.2) is 4.39 Å². The molecule has 0 amide bonds. The van der Waals surface area contributed by atoms with Crippen LogP contribution in [0, 0.1) is 17.7 Å². The molecule has 0 bridgehead atoms. The largest absolute Gasteiger partial charge is 0.396 e. The van der Waals surface area contributed by atoms with Crippen LogP contribution in [-0.2, 0) is 6.42 Å². The van der Waals surface area contributed by atoms with E-state index in [0.717, 1.165) is 24.9 Å². The van der Waals surface area contributed by atoms with Gasteiger partial charge in [0.1, 0.15) is 5.82 Å². The van der Waals surface area contributed by atoms with Crippen molar-refractivity contribution in [2.24, 2.45) is 11.8 Å². The minimum absolute atomic E-state index is 0.178. The van der Waals surface area contributed by atoms with E-state index in [4.69, 9.17) is 0 Å². The Morgan fingerprint density at radius 2 is 1.85 bits per heavy atom. The van der Waals surface area contributed by atoms with Gasteiger partial charge in [0, 0.05) is 12.6 Å². The van der Waals surface area contributed by atoms with Crippen LogP contribution in [0.5, 0.6) is 0 Å². The Morgan fingerprint density at radius 1 is 1.20 bits per heavy atom. The summed E-state index contributed by atoms with van der Waals surface area (Å²) in [5, 5.41) is 13.0. The molecule has 1 aliphatic rings. The zero-order valence-corrected chi connectivity index (χ0v) is 12.3. The van der Waals surface area contributed by atoms with E-state index in [1.54, 1.807) is 0 Å². The predicted octanol–water partition coefficient (Wildman–Crippen LogP) is 3.15. The number of hydrogen-bond acceptors (Lipinski definition) is 2. The first-order valence-electron chi connectivity index (χ1n) is 7.77. The van der Waals surface area contributed by atoms with Gasteiger partial charge in [0.05, 0.1) is 0 Å². The second kappa shape index (κ2) is 7.75. The smallest absolute Gasteiger partial charge is 0.123 e. The van der Waals surface area contributed by atoms with Crippen molar-refractivity contribution in [1.82, 2.24) is 5.32 Å². The minimum Gasteiger partial charge on any atom is -0.396 e. The van der Waals surface area contributed by atoms with Crippen molar-refractivity contribution in [2.75, 3.05) is 13.2 Å². The third kappa shape index (κ3) is 4.57. The van der Waals surface area contributed by atoms with E-state index in [1.165, 1.54) is 31.4 Å². The molecule has 0 spiro atoms. The highest BCUT2D eigenvalue weighted by atomic mass is 19.1. The molecule has 0 saturated heterocycles. The number of aliphatic hydroxyl groups is 1. The molecular formula is C17H26FNO. The summed E-state index contributed by atoms with van der Waals surface area (Å²) in [6.07, 6.45) is 5.84. The molecule has 3 unspecified atom stereocenters. The molecule has 1 saturated carbocycles. The van der Waals surface area contributed by atoms with Gasteiger partial charge in [-0.2, -0.15) is 0 Å². The van der Waals surface area contributed by atoms with Crippen molar-refractivity contribution in [3.05, 3.63) is 35.6 Å². The average molecular weight is 279 g/mol. The zero-order chi connectivity index (χ0) is 14.4. The van der Waals surface area contributed by atoms with Gasteiger partial charge in [-0.05, 0) is 62.3 Å². The van der Waals surface area contributed by atoms with Crippen molar-refractivity contribution in [1.29, 1.82) is 0 Å². The zero-order valence-electron chi connectivity index (χ0n) is 12.3. The Bertz CT molecular complexity index is 392. The van der Waals surface area contributed by atoms with E-state index < -0.39 is 0 Å². The lowest BCUT2D eigenvalue weighted by Crippen LogP contribution is -2.37. The Kier molecular flexibility index (Phi) is 5.99. The van der Waals surface area contributed by atoms with Crippen molar-refractivity contribution >= 4 is 0 Å². The molecule has 1 aromatic rings. The van der Waals surface area contributed by atoms with Gasteiger partial charge in [0.15, 0.2) is 0 Å². The van der Waals surface area contributed by atoms with E-state index in [0.29, 0.717) is 24.5 Å². The molecule has 1 aromatic carbocycles. The van der Waals surface area contributed by atoms with Gasteiger partial charge >= 0.3 is 0 Å². The molecule has 3 heteroatoms. The molecule has 0 heterocycles. The molecule has 0 aliphatic heterocycles. The summed E-state index contributed by atoms with van der Waals surface area (Å²) in [7, 11) is 0. The van der Waals surface area contributed by atoms with Crippen LogP contribution in [0.4, 0.5) is 4.39 Å². The van der Waals surface area contributed by atoms with Gasteiger partial charge in [0.25, 0.3) is 0 Å². The quantitative estimate of drug-likeness (QED) is 0.838. The third-order valence-electron chi connectivity index (χ3n) is 4.48. The van der Waals surface area contributed by atoms with E-state index in [1.807, 2.05) is 12.1 Å². The first-order chi connectivity index (χ1) is 9.69. The summed E-state index contributed by atoms with van der Waals surface area (Å²) in [5.41, 5.74) is 1.16. The van der Waals surface area contributed by atoms with Crippen LogP contribution >= 0.6 is 0 Å². The maximum Gasteiger partial charge on any atom is 0.123 e. The van der Waals surface area contributed by atoms with E-state index in [-0.39, 0.29) is 5.82 Å². The first kappa shape index (κ1) is 15.5. The fraction of sp³-hybridized carbons (Fsp3) is 0.647. The standard InChI is InChI=1S/C17H26FNO/c1-13(10-14-6-8-17(18)9-7-14)19-11-15-4-2-3-5-16(15)12-20/h6-9,13,15-16,19-20H,2-5,10-12H2,1H3. The molecule has 2 N–H and O–H groups in total. The van der Waals surface area contributed by atoms with Crippen LogP contribution in [0.1, 0.15) is 38.2 Å². The van der Waals surface area contributed by atoms with Gasteiger partial charge in [-0.3, -0.25) is 0 Å². The van der Waals surface area contributed by atoms with Crippen LogP contribution in [0.25, 0.3) is 0 Å². The van der Waals surface area contributed by atoms with Crippen molar-refractivity contribution in [3.63, 3.8) is 0 Å². The number of halogens is 1. The van der Waals surface area contributed by atoms with Crippen molar-refractivity contribution < 1.29 is 9.50 Å². The molecule has 1 fully saturated rings. The molecule has 112 valence electrons. The molecule has 2 rings (SSSR count). The average Bonchev–Trinajstić information content (AvgIpc) is 2.48. The molecule has 1 aliphatic carbocycles. The number of nitrogens with one attached hydrogen (secondary N) is 1. The first-order valence-corrected chi connectivity index (χ1v) is 7.77. The SMILES string of the molecule is CC(Cc1ccc(F)cc1)NCC1CCCCC1CO. The fourth-order valence-electron chi connectivity index (χ4n) is 3.19. The summed E-state index contributed by atoms with van der Waals surface area (Å²) >= 11 is 0. The third-order valence-corrected chi connectivity index (χ3v) is 4.48. The van der Waals surface area contributed by atoms with Crippen LogP contribution in [0.3, 0.4) is 0 Å². The normalized spacial score (nSPS) is 24.6. The van der Waals surface area contributed by atoms with Gasteiger partial charge < -0.3 is 10.4 Å². The summed E-state index contributed by atoms with van der Waals surface area (Å²) in [6.45, 7) is 3.46. The van der Waals surface area contributed by atoms with Crippen molar-refractivity contribution in [3.8, 4) is 0 Å². The molecule has 0 radical (unpaired) electrons. The van der Waals surface area contributed by atoms with E-state index in [9.17, 15) is 9.50 Å². The molecule has 20 heavy (non-hydrogen) atoms. The van der Waals surface area contributed by atoms with E-state index in [2.05, 4.69) is 12.2 Å². The molecule has 0 aromatic heterocycles. The topological polar surface area (TPSA) is 32.3 Å². The summed E-state index contributed by atoms with van der Waals surface area (Å²) in [5.74, 6) is 0.890. The summed E-state index contributed by atoms with van der Waals surface area (Å²) in [6, 6.07) is 7.12. The summed E-state index contributed by atoms with van der Waals surface area (Å²) in [4.78, 5) is 0. The number of rotatable bonds is 6. The fourth-order valence-corrected chi connectivity index (χ4v) is 3.19. The van der Waals surface area contributed by atoms with Gasteiger partial charge in [-0.1, -0.05) is 25.0 Å². The van der Waals surface area contributed by atoms with E-state index >= 15 is 0 Å². The maximum absolute atomic E-state index is 12.9. The Balaban J connectivity index is 1.76. The lowest BCUT2D eigenvalue weighted by Gasteiger charge is -2.31. The molecule has 2 nitrogen and oxygen atoms in total. The summed E-state index contributed by atoms with van der Waals surface area (Å²) < 4.78 is 12.9. The number of benzene rings is 1. The monoisotopic (exact) mass is 279 g/mol.